The van der Waals surface area contributed by atoms with E-state index < -0.39 is 10.0 Å². The lowest BCUT2D eigenvalue weighted by atomic mass is 10.1. The Hall–Kier alpha value is -1.27. The fraction of sp³-hybridized carbons (Fsp3) is 0.571. The van der Waals surface area contributed by atoms with Crippen LogP contribution in [-0.4, -0.2) is 39.9 Å². The van der Waals surface area contributed by atoms with Gasteiger partial charge in [0.25, 0.3) is 0 Å². The molecule has 0 aromatic heterocycles. The molecule has 0 aliphatic heterocycles. The molecule has 0 saturated heterocycles. The lowest BCUT2D eigenvalue weighted by Crippen LogP contribution is -2.31. The Morgan fingerprint density at radius 3 is 2.15 bits per heavy atom. The first-order chi connectivity index (χ1) is 9.25. The second-order valence-corrected chi connectivity index (χ2v) is 7.24. The third kappa shape index (κ3) is 3.24. The first kappa shape index (κ1) is 16.8. The predicted octanol–water partition coefficient (Wildman–Crippen LogP) is 2.14. The fourth-order valence-corrected chi connectivity index (χ4v) is 3.16. The molecule has 0 heterocycles. The minimum absolute atomic E-state index is 0.268. The fourth-order valence-electron chi connectivity index (χ4n) is 2.23. The number of nitrogens with zero attached hydrogens (tertiary/aromatic N) is 2. The van der Waals surface area contributed by atoms with Gasteiger partial charge in [-0.05, 0) is 31.0 Å². The van der Waals surface area contributed by atoms with Crippen molar-refractivity contribution in [2.45, 2.75) is 37.6 Å². The van der Waals surface area contributed by atoms with Crippen molar-refractivity contribution in [1.82, 2.24) is 4.31 Å². The van der Waals surface area contributed by atoms with Gasteiger partial charge in [0.05, 0.1) is 16.3 Å². The van der Waals surface area contributed by atoms with Gasteiger partial charge in [-0.3, -0.25) is 0 Å². The van der Waals surface area contributed by atoms with Crippen LogP contribution in [0.2, 0.25) is 0 Å². The lowest BCUT2D eigenvalue weighted by molar-refractivity contribution is 0.520. The molecular formula is C14H25N3O2S. The van der Waals surface area contributed by atoms with Crippen molar-refractivity contribution in [3.63, 3.8) is 0 Å². The first-order valence-corrected chi connectivity index (χ1v) is 8.24. The summed E-state index contributed by atoms with van der Waals surface area (Å²) in [5, 5.41) is 0. The molecule has 0 spiro atoms. The van der Waals surface area contributed by atoms with Gasteiger partial charge < -0.3 is 10.6 Å². The van der Waals surface area contributed by atoms with E-state index in [1.807, 2.05) is 7.05 Å². The number of hydrogen-bond acceptors (Lipinski definition) is 4. The summed E-state index contributed by atoms with van der Waals surface area (Å²) in [4.78, 5) is 2.33. The zero-order valence-corrected chi connectivity index (χ0v) is 13.7. The molecule has 0 aliphatic carbocycles. The van der Waals surface area contributed by atoms with Crippen molar-refractivity contribution in [2.24, 2.45) is 0 Å². The molecule has 6 heteroatoms. The minimum atomic E-state index is -3.44. The lowest BCUT2D eigenvalue weighted by Gasteiger charge is -2.30. The van der Waals surface area contributed by atoms with Crippen LogP contribution < -0.4 is 10.6 Å². The van der Waals surface area contributed by atoms with Crippen molar-refractivity contribution < 1.29 is 8.42 Å². The molecule has 20 heavy (non-hydrogen) atoms. The maximum Gasteiger partial charge on any atom is 0.242 e. The normalized spacial score (nSPS) is 12.2. The number of rotatable bonds is 6. The van der Waals surface area contributed by atoms with E-state index in [1.54, 1.807) is 18.2 Å². The molecule has 0 unspecified atom stereocenters. The Labute approximate surface area is 122 Å². The summed E-state index contributed by atoms with van der Waals surface area (Å²) in [6.07, 6.45) is 1.97. The van der Waals surface area contributed by atoms with Crippen LogP contribution in [0.25, 0.3) is 0 Å². The predicted molar refractivity (Wildman–Crippen MR) is 84.5 cm³/mol. The number of nitrogen functional groups attached to an aromatic ring is 1. The SMILES string of the molecule is CCC(CC)N(C)c1cc(S(=O)(=O)N(C)C)ccc1N. The largest absolute Gasteiger partial charge is 0.397 e. The maximum atomic E-state index is 12.2. The summed E-state index contributed by atoms with van der Waals surface area (Å²) >= 11 is 0. The second kappa shape index (κ2) is 6.45. The maximum absolute atomic E-state index is 12.2. The van der Waals surface area contributed by atoms with Gasteiger partial charge in [-0.2, -0.15) is 0 Å². The van der Waals surface area contributed by atoms with Crippen molar-refractivity contribution in [3.05, 3.63) is 18.2 Å². The highest BCUT2D eigenvalue weighted by Crippen LogP contribution is 2.29. The van der Waals surface area contributed by atoms with Crippen molar-refractivity contribution >= 4 is 21.4 Å². The van der Waals surface area contributed by atoms with Crippen molar-refractivity contribution in [3.8, 4) is 0 Å². The molecular weight excluding hydrogens is 274 g/mol. The molecule has 0 fully saturated rings. The van der Waals surface area contributed by atoms with Crippen LogP contribution >= 0.6 is 0 Å². The van der Waals surface area contributed by atoms with Crippen LogP contribution in [0.5, 0.6) is 0 Å². The van der Waals surface area contributed by atoms with Crippen LogP contribution in [0, 0.1) is 0 Å². The van der Waals surface area contributed by atoms with Gasteiger partial charge in [0.2, 0.25) is 10.0 Å². The van der Waals surface area contributed by atoms with E-state index in [9.17, 15) is 8.42 Å². The summed E-state index contributed by atoms with van der Waals surface area (Å²) in [6, 6.07) is 5.21. The van der Waals surface area contributed by atoms with E-state index in [0.717, 1.165) is 18.5 Å². The topological polar surface area (TPSA) is 66.6 Å². The van der Waals surface area contributed by atoms with Gasteiger partial charge in [-0.15, -0.1) is 0 Å². The monoisotopic (exact) mass is 299 g/mol. The molecule has 1 aromatic carbocycles. The van der Waals surface area contributed by atoms with Crippen LogP contribution in [0.3, 0.4) is 0 Å². The van der Waals surface area contributed by atoms with Crippen molar-refractivity contribution in [2.75, 3.05) is 31.8 Å². The highest BCUT2D eigenvalue weighted by molar-refractivity contribution is 7.89. The number of hydrogen-bond donors (Lipinski definition) is 1. The molecule has 0 amide bonds. The average Bonchev–Trinajstić information content (AvgIpc) is 2.39. The molecule has 114 valence electrons. The highest BCUT2D eigenvalue weighted by atomic mass is 32.2. The zero-order chi connectivity index (χ0) is 15.5. The standard InChI is InChI=1S/C14H25N3O2S/c1-6-11(7-2)17(5)14-10-12(8-9-13(14)15)20(18,19)16(3)4/h8-11H,6-7,15H2,1-5H3. The van der Waals surface area contributed by atoms with Gasteiger partial charge in [-0.1, -0.05) is 13.8 Å². The Morgan fingerprint density at radius 1 is 1.15 bits per heavy atom. The summed E-state index contributed by atoms with van der Waals surface area (Å²) in [6.45, 7) is 4.22. The summed E-state index contributed by atoms with van der Waals surface area (Å²) in [7, 11) is 1.56. The van der Waals surface area contributed by atoms with E-state index in [2.05, 4.69) is 18.7 Å². The van der Waals surface area contributed by atoms with Crippen LogP contribution in [-0.2, 0) is 10.0 Å². The number of benzene rings is 1. The second-order valence-electron chi connectivity index (χ2n) is 5.09. The quantitative estimate of drug-likeness (QED) is 0.817. The van der Waals surface area contributed by atoms with E-state index in [4.69, 9.17) is 5.73 Å². The van der Waals surface area contributed by atoms with E-state index in [-0.39, 0.29) is 4.90 Å². The van der Waals surface area contributed by atoms with Gasteiger partial charge in [0.15, 0.2) is 0 Å². The molecule has 2 N–H and O–H groups in total. The average molecular weight is 299 g/mol. The molecule has 0 bridgehead atoms. The Kier molecular flexibility index (Phi) is 5.42. The molecule has 5 nitrogen and oxygen atoms in total. The van der Waals surface area contributed by atoms with Gasteiger partial charge >= 0.3 is 0 Å². The molecule has 0 atom stereocenters. The molecule has 0 saturated carbocycles. The summed E-state index contributed by atoms with van der Waals surface area (Å²) < 4.78 is 25.6. The van der Waals surface area contributed by atoms with Crippen LogP contribution in [0.4, 0.5) is 11.4 Å². The number of anilines is 2. The summed E-state index contributed by atoms with van der Waals surface area (Å²) in [5.41, 5.74) is 7.37. The third-order valence-corrected chi connectivity index (χ3v) is 5.46. The molecule has 1 rings (SSSR count). The van der Waals surface area contributed by atoms with E-state index in [0.29, 0.717) is 11.7 Å². The molecule has 1 aromatic rings. The Balaban J connectivity index is 3.29. The zero-order valence-electron chi connectivity index (χ0n) is 12.9. The highest BCUT2D eigenvalue weighted by Gasteiger charge is 2.21. The van der Waals surface area contributed by atoms with Gasteiger partial charge in [0, 0.05) is 27.2 Å². The summed E-state index contributed by atoms with van der Waals surface area (Å²) in [5.74, 6) is 0. The third-order valence-electron chi connectivity index (χ3n) is 3.65. The minimum Gasteiger partial charge on any atom is -0.397 e. The van der Waals surface area contributed by atoms with Crippen molar-refractivity contribution in [1.29, 1.82) is 0 Å². The number of nitrogens with two attached hydrogens (primary N) is 1. The Bertz CT molecular complexity index is 552. The molecule has 0 radical (unpaired) electrons. The Morgan fingerprint density at radius 2 is 1.70 bits per heavy atom. The number of sulfonamides is 1. The van der Waals surface area contributed by atoms with E-state index >= 15 is 0 Å². The van der Waals surface area contributed by atoms with Crippen LogP contribution in [0.15, 0.2) is 23.1 Å². The first-order valence-electron chi connectivity index (χ1n) is 6.80. The molecule has 0 aliphatic rings. The van der Waals surface area contributed by atoms with Gasteiger partial charge in [0.1, 0.15) is 0 Å². The van der Waals surface area contributed by atoms with Gasteiger partial charge in [-0.25, -0.2) is 12.7 Å². The smallest absolute Gasteiger partial charge is 0.242 e. The van der Waals surface area contributed by atoms with Crippen LogP contribution in [0.1, 0.15) is 26.7 Å². The van der Waals surface area contributed by atoms with E-state index in [1.165, 1.54) is 18.4 Å².